The van der Waals surface area contributed by atoms with E-state index in [1.165, 1.54) is 0 Å². The van der Waals surface area contributed by atoms with Crippen LogP contribution >= 0.6 is 0 Å². The van der Waals surface area contributed by atoms with Crippen LogP contribution in [0, 0.1) is 17.8 Å². The van der Waals surface area contributed by atoms with E-state index in [1.807, 2.05) is 13.8 Å². The summed E-state index contributed by atoms with van der Waals surface area (Å²) in [5, 5.41) is 12.6. The van der Waals surface area contributed by atoms with E-state index in [0.717, 1.165) is 13.0 Å². The van der Waals surface area contributed by atoms with Crippen molar-refractivity contribution >= 4 is 5.91 Å². The van der Waals surface area contributed by atoms with Gasteiger partial charge in [0, 0.05) is 12.5 Å². The average Bonchev–Trinajstić information content (AvgIpc) is 2.54. The number of carbonyl (C=O) groups is 1. The van der Waals surface area contributed by atoms with E-state index in [-0.39, 0.29) is 18.6 Å². The topological polar surface area (TPSA) is 103 Å². The summed E-state index contributed by atoms with van der Waals surface area (Å²) in [5.41, 5.74) is 5.29. The fraction of sp³-hybridized carbons (Fsp3) is 0.947. The Labute approximate surface area is 158 Å². The van der Waals surface area contributed by atoms with Crippen LogP contribution in [0.3, 0.4) is 0 Å². The lowest BCUT2D eigenvalue weighted by atomic mass is 10.0. The standard InChI is InChI=1S/C19H40N2O5/c1-13(2)7-8-26-16(6)15(5)11-24-9-10-25-12-17(22)21-18(14(3)4)19(20)23/h13-18,21-22H,7-12H2,1-6H3,(H2,20,23)/t15?,16?,17?,18-/m0/s1. The van der Waals surface area contributed by atoms with Gasteiger partial charge in [0.15, 0.2) is 0 Å². The Morgan fingerprint density at radius 1 is 1.00 bits per heavy atom. The second-order valence-electron chi connectivity index (χ2n) is 7.69. The Bertz CT molecular complexity index is 366. The highest BCUT2D eigenvalue weighted by Gasteiger charge is 2.21. The summed E-state index contributed by atoms with van der Waals surface area (Å²) in [6.07, 6.45) is 0.279. The summed E-state index contributed by atoms with van der Waals surface area (Å²) in [6.45, 7) is 14.5. The first-order valence-corrected chi connectivity index (χ1v) is 9.65. The molecular weight excluding hydrogens is 336 g/mol. The van der Waals surface area contributed by atoms with Crippen molar-refractivity contribution in [3.8, 4) is 0 Å². The number of amides is 1. The van der Waals surface area contributed by atoms with Crippen LogP contribution in [0.2, 0.25) is 0 Å². The Morgan fingerprint density at radius 3 is 2.08 bits per heavy atom. The van der Waals surface area contributed by atoms with Crippen molar-refractivity contribution in [2.24, 2.45) is 23.5 Å². The van der Waals surface area contributed by atoms with Gasteiger partial charge in [-0.25, -0.2) is 0 Å². The predicted molar refractivity (Wildman–Crippen MR) is 103 cm³/mol. The molecule has 0 spiro atoms. The third-order valence-corrected chi connectivity index (χ3v) is 4.25. The van der Waals surface area contributed by atoms with Gasteiger partial charge >= 0.3 is 0 Å². The summed E-state index contributed by atoms with van der Waals surface area (Å²) in [6, 6.07) is -0.581. The molecule has 0 aliphatic rings. The molecule has 0 aromatic carbocycles. The number of hydrogen-bond acceptors (Lipinski definition) is 6. The third-order valence-electron chi connectivity index (χ3n) is 4.25. The molecule has 0 aromatic heterocycles. The molecule has 0 heterocycles. The smallest absolute Gasteiger partial charge is 0.234 e. The zero-order valence-corrected chi connectivity index (χ0v) is 17.4. The number of nitrogens with one attached hydrogen (secondary N) is 1. The van der Waals surface area contributed by atoms with E-state index in [1.54, 1.807) is 0 Å². The molecule has 0 aliphatic heterocycles. The van der Waals surface area contributed by atoms with Crippen molar-refractivity contribution in [2.45, 2.75) is 66.3 Å². The van der Waals surface area contributed by atoms with E-state index >= 15 is 0 Å². The molecule has 1 amide bonds. The maximum absolute atomic E-state index is 11.3. The Kier molecular flexibility index (Phi) is 13.9. The van der Waals surface area contributed by atoms with Crippen LogP contribution < -0.4 is 11.1 Å². The summed E-state index contributed by atoms with van der Waals surface area (Å²) >= 11 is 0. The predicted octanol–water partition coefficient (Wildman–Crippen LogP) is 1.52. The minimum atomic E-state index is -0.941. The fourth-order valence-electron chi connectivity index (χ4n) is 2.23. The van der Waals surface area contributed by atoms with Crippen molar-refractivity contribution in [2.75, 3.05) is 33.0 Å². The van der Waals surface area contributed by atoms with Gasteiger partial charge in [-0.05, 0) is 25.2 Å². The lowest BCUT2D eigenvalue weighted by molar-refractivity contribution is -0.122. The Balaban J connectivity index is 3.75. The first kappa shape index (κ1) is 25.3. The highest BCUT2D eigenvalue weighted by atomic mass is 16.5. The zero-order valence-electron chi connectivity index (χ0n) is 17.4. The number of aliphatic hydroxyl groups is 1. The molecule has 0 rings (SSSR count). The zero-order chi connectivity index (χ0) is 20.1. The van der Waals surface area contributed by atoms with E-state index in [9.17, 15) is 9.90 Å². The highest BCUT2D eigenvalue weighted by Crippen LogP contribution is 2.09. The number of aliphatic hydroxyl groups excluding tert-OH is 1. The molecule has 0 saturated heterocycles. The minimum absolute atomic E-state index is 0.00304. The molecule has 0 aliphatic carbocycles. The molecule has 4 atom stereocenters. The molecule has 0 radical (unpaired) electrons. The summed E-state index contributed by atoms with van der Waals surface area (Å²) < 4.78 is 16.8. The van der Waals surface area contributed by atoms with Crippen LogP contribution in [0.4, 0.5) is 0 Å². The van der Waals surface area contributed by atoms with Crippen molar-refractivity contribution < 1.29 is 24.1 Å². The van der Waals surface area contributed by atoms with Crippen LogP contribution in [-0.2, 0) is 19.0 Å². The fourth-order valence-corrected chi connectivity index (χ4v) is 2.23. The van der Waals surface area contributed by atoms with Gasteiger partial charge in [0.2, 0.25) is 5.91 Å². The molecule has 0 saturated carbocycles. The number of hydrogen-bond donors (Lipinski definition) is 3. The van der Waals surface area contributed by atoms with Crippen molar-refractivity contribution in [1.29, 1.82) is 0 Å². The molecule has 156 valence electrons. The third kappa shape index (κ3) is 12.6. The van der Waals surface area contributed by atoms with E-state index in [2.05, 4.69) is 33.0 Å². The lowest BCUT2D eigenvalue weighted by Gasteiger charge is -2.23. The quantitative estimate of drug-likeness (QED) is 0.279. The van der Waals surface area contributed by atoms with E-state index in [0.29, 0.717) is 31.7 Å². The molecular formula is C19H40N2O5. The second kappa shape index (κ2) is 14.3. The number of ether oxygens (including phenoxy) is 3. The first-order valence-electron chi connectivity index (χ1n) is 9.65. The normalized spacial score (nSPS) is 16.7. The van der Waals surface area contributed by atoms with Gasteiger partial charge in [0.05, 0.1) is 38.6 Å². The molecule has 0 fully saturated rings. The molecule has 0 aromatic rings. The molecule has 26 heavy (non-hydrogen) atoms. The monoisotopic (exact) mass is 376 g/mol. The van der Waals surface area contributed by atoms with Gasteiger partial charge in [-0.2, -0.15) is 0 Å². The van der Waals surface area contributed by atoms with Gasteiger partial charge < -0.3 is 25.1 Å². The van der Waals surface area contributed by atoms with E-state index in [4.69, 9.17) is 19.9 Å². The Hall–Kier alpha value is -0.730. The maximum atomic E-state index is 11.3. The first-order chi connectivity index (χ1) is 12.1. The highest BCUT2D eigenvalue weighted by molar-refractivity contribution is 5.80. The average molecular weight is 377 g/mol. The van der Waals surface area contributed by atoms with Gasteiger partial charge in [-0.3, -0.25) is 10.1 Å². The Morgan fingerprint density at radius 2 is 1.58 bits per heavy atom. The summed E-state index contributed by atoms with van der Waals surface area (Å²) in [4.78, 5) is 11.3. The largest absolute Gasteiger partial charge is 0.379 e. The maximum Gasteiger partial charge on any atom is 0.234 e. The SMILES string of the molecule is CC(C)CCOC(C)C(C)COCCOCC(O)N[C@H](C(N)=O)C(C)C. The van der Waals surface area contributed by atoms with Crippen molar-refractivity contribution in [3.63, 3.8) is 0 Å². The lowest BCUT2D eigenvalue weighted by Crippen LogP contribution is -2.50. The van der Waals surface area contributed by atoms with Crippen LogP contribution in [-0.4, -0.2) is 62.4 Å². The number of carbonyl (C=O) groups excluding carboxylic acids is 1. The van der Waals surface area contributed by atoms with Crippen LogP contribution in [0.25, 0.3) is 0 Å². The number of nitrogens with two attached hydrogens (primary N) is 1. The van der Waals surface area contributed by atoms with E-state index < -0.39 is 18.2 Å². The van der Waals surface area contributed by atoms with Crippen LogP contribution in [0.5, 0.6) is 0 Å². The van der Waals surface area contributed by atoms with Gasteiger partial charge in [-0.1, -0.05) is 34.6 Å². The second-order valence-corrected chi connectivity index (χ2v) is 7.69. The summed E-state index contributed by atoms with van der Waals surface area (Å²) in [5.74, 6) is 0.462. The molecule has 3 unspecified atom stereocenters. The molecule has 7 heteroatoms. The molecule has 4 N–H and O–H groups in total. The number of primary amides is 1. The minimum Gasteiger partial charge on any atom is -0.379 e. The molecule has 0 bridgehead atoms. The van der Waals surface area contributed by atoms with Gasteiger partial charge in [0.1, 0.15) is 6.23 Å². The van der Waals surface area contributed by atoms with Crippen molar-refractivity contribution in [3.05, 3.63) is 0 Å². The van der Waals surface area contributed by atoms with Crippen molar-refractivity contribution in [1.82, 2.24) is 5.32 Å². The number of rotatable bonds is 16. The van der Waals surface area contributed by atoms with Gasteiger partial charge in [0.25, 0.3) is 0 Å². The summed E-state index contributed by atoms with van der Waals surface area (Å²) in [7, 11) is 0. The van der Waals surface area contributed by atoms with Crippen LogP contribution in [0.15, 0.2) is 0 Å². The van der Waals surface area contributed by atoms with Crippen LogP contribution in [0.1, 0.15) is 48.0 Å². The molecule has 7 nitrogen and oxygen atoms in total. The van der Waals surface area contributed by atoms with Gasteiger partial charge in [-0.15, -0.1) is 0 Å².